The van der Waals surface area contributed by atoms with Gasteiger partial charge in [-0.05, 0) is 28.5 Å². The Morgan fingerprint density at radius 3 is 2.35 bits per heavy atom. The van der Waals surface area contributed by atoms with Crippen molar-refractivity contribution in [2.24, 2.45) is 4.99 Å². The van der Waals surface area contributed by atoms with Crippen LogP contribution in [0.25, 0.3) is 10.8 Å². The molecule has 130 valence electrons. The lowest BCUT2D eigenvalue weighted by Gasteiger charge is -2.08. The fraction of sp³-hybridized carbons (Fsp3) is 0.143. The van der Waals surface area contributed by atoms with Crippen LogP contribution < -0.4 is 9.47 Å². The second kappa shape index (κ2) is 6.52. The van der Waals surface area contributed by atoms with Gasteiger partial charge in [-0.15, -0.1) is 0 Å². The second-order valence-electron chi connectivity index (χ2n) is 5.93. The molecule has 1 heterocycles. The van der Waals surface area contributed by atoms with E-state index >= 15 is 0 Å². The van der Waals surface area contributed by atoms with Gasteiger partial charge in [0.05, 0.1) is 14.2 Å². The third kappa shape index (κ3) is 2.77. The molecule has 3 aromatic carbocycles. The summed E-state index contributed by atoms with van der Waals surface area (Å²) in [6.45, 7) is 0. The Labute approximate surface area is 150 Å². The molecule has 0 saturated heterocycles. The molecule has 1 aliphatic heterocycles. The predicted octanol–water partition coefficient (Wildman–Crippen LogP) is 3.90. The number of benzene rings is 3. The van der Waals surface area contributed by atoms with Crippen molar-refractivity contribution < 1.29 is 19.0 Å². The molecule has 0 aromatic heterocycles. The Morgan fingerprint density at radius 1 is 0.923 bits per heavy atom. The average molecular weight is 347 g/mol. The summed E-state index contributed by atoms with van der Waals surface area (Å²) in [4.78, 5) is 17.1. The molecule has 0 amide bonds. The highest BCUT2D eigenvalue weighted by atomic mass is 16.6. The van der Waals surface area contributed by atoms with E-state index in [-0.39, 0.29) is 5.90 Å². The van der Waals surface area contributed by atoms with Crippen LogP contribution in [0.5, 0.6) is 11.5 Å². The molecule has 4 rings (SSSR count). The maximum Gasteiger partial charge on any atom is 0.342 e. The van der Waals surface area contributed by atoms with Crippen molar-refractivity contribution in [2.75, 3.05) is 14.2 Å². The summed E-state index contributed by atoms with van der Waals surface area (Å²) in [5.41, 5.74) is 1.47. The molecule has 3 aromatic rings. The van der Waals surface area contributed by atoms with Crippen LogP contribution in [0.4, 0.5) is 0 Å². The van der Waals surface area contributed by atoms with Crippen molar-refractivity contribution in [3.63, 3.8) is 0 Å². The van der Waals surface area contributed by atoms with Gasteiger partial charge >= 0.3 is 5.97 Å². The van der Waals surface area contributed by atoms with E-state index < -0.39 is 12.0 Å². The van der Waals surface area contributed by atoms with Crippen molar-refractivity contribution in [2.45, 2.75) is 6.04 Å². The highest BCUT2D eigenvalue weighted by Crippen LogP contribution is 2.33. The number of hydrogen-bond acceptors (Lipinski definition) is 5. The number of cyclic esters (lactones) is 1. The Hall–Kier alpha value is -3.34. The van der Waals surface area contributed by atoms with Gasteiger partial charge in [0.25, 0.3) is 0 Å². The van der Waals surface area contributed by atoms with Gasteiger partial charge in [-0.2, -0.15) is 0 Å². The molecule has 5 nitrogen and oxygen atoms in total. The number of nitrogens with zero attached hydrogens (tertiary/aromatic N) is 1. The van der Waals surface area contributed by atoms with Crippen LogP contribution >= 0.6 is 0 Å². The molecule has 0 bridgehead atoms. The van der Waals surface area contributed by atoms with Crippen LogP contribution in [0.15, 0.2) is 65.7 Å². The largest absolute Gasteiger partial charge is 0.497 e. The molecular formula is C21H17NO4. The van der Waals surface area contributed by atoms with Crippen molar-refractivity contribution in [1.29, 1.82) is 0 Å². The van der Waals surface area contributed by atoms with E-state index in [0.29, 0.717) is 17.1 Å². The van der Waals surface area contributed by atoms with Crippen LogP contribution in [-0.2, 0) is 9.53 Å². The van der Waals surface area contributed by atoms with Crippen LogP contribution in [0, 0.1) is 0 Å². The van der Waals surface area contributed by atoms with Gasteiger partial charge in [0.15, 0.2) is 6.04 Å². The van der Waals surface area contributed by atoms with Gasteiger partial charge < -0.3 is 14.2 Å². The van der Waals surface area contributed by atoms with Crippen molar-refractivity contribution in [1.82, 2.24) is 0 Å². The second-order valence-corrected chi connectivity index (χ2v) is 5.93. The van der Waals surface area contributed by atoms with Crippen molar-refractivity contribution in [3.8, 4) is 11.5 Å². The number of carbonyl (C=O) groups excluding carboxylic acids is 1. The van der Waals surface area contributed by atoms with E-state index in [1.807, 2.05) is 42.5 Å². The number of rotatable bonds is 4. The SMILES string of the molecule is COc1cc(OC)cc(C2=N[C@@H](c3cccc4ccccc34)C(=O)O2)c1. The fourth-order valence-corrected chi connectivity index (χ4v) is 3.10. The minimum absolute atomic E-state index is 0.269. The number of esters is 1. The van der Waals surface area contributed by atoms with E-state index in [1.165, 1.54) is 0 Å². The molecule has 0 fully saturated rings. The van der Waals surface area contributed by atoms with Crippen LogP contribution in [0.1, 0.15) is 17.2 Å². The molecule has 0 N–H and O–H groups in total. The fourth-order valence-electron chi connectivity index (χ4n) is 3.10. The molecule has 0 aliphatic carbocycles. The number of methoxy groups -OCH3 is 2. The number of aliphatic imine (C=N–C) groups is 1. The Balaban J connectivity index is 1.78. The summed E-state index contributed by atoms with van der Waals surface area (Å²) >= 11 is 0. The van der Waals surface area contributed by atoms with Crippen molar-refractivity contribution >= 4 is 22.6 Å². The zero-order valence-electron chi connectivity index (χ0n) is 14.4. The monoisotopic (exact) mass is 347 g/mol. The summed E-state index contributed by atoms with van der Waals surface area (Å²) in [6, 6.07) is 18.4. The average Bonchev–Trinajstić information content (AvgIpc) is 3.08. The molecule has 0 saturated carbocycles. The van der Waals surface area contributed by atoms with Crippen LogP contribution in [0.3, 0.4) is 0 Å². The van der Waals surface area contributed by atoms with E-state index in [9.17, 15) is 4.79 Å². The standard InChI is InChI=1S/C21H17NO4/c1-24-15-10-14(11-16(12-15)25-2)20-22-19(21(23)26-20)18-9-5-7-13-6-3-4-8-17(13)18/h3-12,19H,1-2H3/t19-/m0/s1. The number of ether oxygens (including phenoxy) is 3. The Kier molecular flexibility index (Phi) is 4.05. The first-order valence-electron chi connectivity index (χ1n) is 8.20. The molecule has 0 unspecified atom stereocenters. The van der Waals surface area contributed by atoms with E-state index in [1.54, 1.807) is 32.4 Å². The van der Waals surface area contributed by atoms with E-state index in [2.05, 4.69) is 4.99 Å². The van der Waals surface area contributed by atoms with Crippen LogP contribution in [-0.4, -0.2) is 26.1 Å². The maximum atomic E-state index is 12.5. The summed E-state index contributed by atoms with van der Waals surface area (Å²) in [5.74, 6) is 1.08. The summed E-state index contributed by atoms with van der Waals surface area (Å²) in [6.07, 6.45) is 0. The highest BCUT2D eigenvalue weighted by molar-refractivity contribution is 6.08. The van der Waals surface area contributed by atoms with Gasteiger partial charge in [-0.3, -0.25) is 0 Å². The zero-order chi connectivity index (χ0) is 18.1. The minimum Gasteiger partial charge on any atom is -0.497 e. The maximum absolute atomic E-state index is 12.5. The number of carbonyl (C=O) groups is 1. The zero-order valence-corrected chi connectivity index (χ0v) is 14.4. The number of fused-ring (bicyclic) bond motifs is 1. The number of hydrogen-bond donors (Lipinski definition) is 0. The predicted molar refractivity (Wildman–Crippen MR) is 98.9 cm³/mol. The molecule has 0 radical (unpaired) electrons. The summed E-state index contributed by atoms with van der Waals surface area (Å²) in [7, 11) is 3.14. The molecule has 1 aliphatic rings. The van der Waals surface area contributed by atoms with E-state index in [0.717, 1.165) is 16.3 Å². The molecular weight excluding hydrogens is 330 g/mol. The van der Waals surface area contributed by atoms with Crippen molar-refractivity contribution in [3.05, 3.63) is 71.8 Å². The van der Waals surface area contributed by atoms with Gasteiger partial charge in [-0.1, -0.05) is 42.5 Å². The van der Waals surface area contributed by atoms with Gasteiger partial charge in [0.2, 0.25) is 5.90 Å². The third-order valence-corrected chi connectivity index (χ3v) is 4.38. The summed E-state index contributed by atoms with van der Waals surface area (Å²) < 4.78 is 16.0. The van der Waals surface area contributed by atoms with Crippen LogP contribution in [0.2, 0.25) is 0 Å². The molecule has 0 spiro atoms. The smallest absolute Gasteiger partial charge is 0.342 e. The topological polar surface area (TPSA) is 57.1 Å². The Morgan fingerprint density at radius 2 is 1.62 bits per heavy atom. The summed E-state index contributed by atoms with van der Waals surface area (Å²) in [5, 5.41) is 2.05. The first-order valence-corrected chi connectivity index (χ1v) is 8.20. The molecule has 26 heavy (non-hydrogen) atoms. The molecule has 1 atom stereocenters. The first kappa shape index (κ1) is 16.1. The van der Waals surface area contributed by atoms with Gasteiger partial charge in [-0.25, -0.2) is 9.79 Å². The molecule has 5 heteroatoms. The lowest BCUT2D eigenvalue weighted by Crippen LogP contribution is -2.09. The lowest BCUT2D eigenvalue weighted by atomic mass is 9.99. The lowest BCUT2D eigenvalue weighted by molar-refractivity contribution is -0.135. The van der Waals surface area contributed by atoms with E-state index in [4.69, 9.17) is 14.2 Å². The van der Waals surface area contributed by atoms with Gasteiger partial charge in [0, 0.05) is 11.6 Å². The highest BCUT2D eigenvalue weighted by Gasteiger charge is 2.32. The normalized spacial score (nSPS) is 16.3. The van der Waals surface area contributed by atoms with Gasteiger partial charge in [0.1, 0.15) is 11.5 Å². The Bertz CT molecular complexity index is 998. The first-order chi connectivity index (χ1) is 12.7. The third-order valence-electron chi connectivity index (χ3n) is 4.38. The minimum atomic E-state index is -0.687. The quantitative estimate of drug-likeness (QED) is 0.672.